The minimum atomic E-state index is -0.917. The minimum absolute atomic E-state index is 0.136. The number of primary amides is 1. The maximum absolute atomic E-state index is 12.3. The van der Waals surface area contributed by atoms with E-state index in [4.69, 9.17) is 5.73 Å². The summed E-state index contributed by atoms with van der Waals surface area (Å²) in [6.07, 6.45) is -0.917. The maximum Gasteiger partial charge on any atom is 0.251 e. The van der Waals surface area contributed by atoms with Crippen LogP contribution in [0.15, 0.2) is 77.9 Å². The van der Waals surface area contributed by atoms with Gasteiger partial charge in [-0.25, -0.2) is 4.98 Å². The van der Waals surface area contributed by atoms with Gasteiger partial charge in [-0.1, -0.05) is 42.5 Å². The van der Waals surface area contributed by atoms with Gasteiger partial charge in [0.25, 0.3) is 5.91 Å². The van der Waals surface area contributed by atoms with Crippen molar-refractivity contribution in [2.75, 3.05) is 7.05 Å². The Labute approximate surface area is 201 Å². The third kappa shape index (κ3) is 4.36. The molecule has 2 amide bonds. The lowest BCUT2D eigenvalue weighted by Crippen LogP contribution is -2.29. The SMILES string of the molecule is CN1N=C(c2ccc(CNC(=O)c3ccccc3)cc2)C(O)C1c1nc2ccc(C(N)=O)cc2[nH]1. The second kappa shape index (κ2) is 9.03. The van der Waals surface area contributed by atoms with Crippen molar-refractivity contribution in [3.8, 4) is 0 Å². The van der Waals surface area contributed by atoms with Crippen molar-refractivity contribution >= 4 is 28.6 Å². The van der Waals surface area contributed by atoms with E-state index < -0.39 is 18.1 Å². The van der Waals surface area contributed by atoms with Gasteiger partial charge in [0.1, 0.15) is 18.0 Å². The Hall–Kier alpha value is -4.50. The average molecular weight is 469 g/mol. The molecule has 0 radical (unpaired) electrons. The average Bonchev–Trinajstić information content (AvgIpc) is 3.42. The molecule has 1 aliphatic heterocycles. The van der Waals surface area contributed by atoms with Crippen LogP contribution < -0.4 is 11.1 Å². The molecule has 0 saturated heterocycles. The molecule has 2 atom stereocenters. The standard InChI is InChI=1S/C26H24N6O3/c1-32-22(25-29-19-12-11-18(24(27)34)13-20(19)30-25)23(33)21(31-32)16-9-7-15(8-10-16)14-28-26(35)17-5-3-2-4-6-17/h2-13,22-23,33H,14H2,1H3,(H2,27,34)(H,28,35)(H,29,30). The number of likely N-dealkylation sites (N-methyl/N-ethyl adjacent to an activating group) is 1. The number of aliphatic hydroxyl groups excluding tert-OH is 1. The molecule has 2 unspecified atom stereocenters. The fourth-order valence-electron chi connectivity index (χ4n) is 4.19. The molecule has 5 N–H and O–H groups in total. The lowest BCUT2D eigenvalue weighted by Gasteiger charge is -2.19. The first-order valence-corrected chi connectivity index (χ1v) is 11.1. The van der Waals surface area contributed by atoms with Gasteiger partial charge in [0, 0.05) is 30.3 Å². The number of benzene rings is 3. The summed E-state index contributed by atoms with van der Waals surface area (Å²) in [7, 11) is 1.77. The highest BCUT2D eigenvalue weighted by Gasteiger charge is 2.38. The summed E-state index contributed by atoms with van der Waals surface area (Å²) in [4.78, 5) is 31.5. The van der Waals surface area contributed by atoms with Gasteiger partial charge in [-0.15, -0.1) is 0 Å². The van der Waals surface area contributed by atoms with Gasteiger partial charge in [0.05, 0.1) is 16.7 Å². The van der Waals surface area contributed by atoms with Crippen LogP contribution in [0.5, 0.6) is 0 Å². The number of hydrogen-bond donors (Lipinski definition) is 4. The summed E-state index contributed by atoms with van der Waals surface area (Å²) in [5, 5.41) is 20.2. The topological polar surface area (TPSA) is 137 Å². The molecule has 176 valence electrons. The van der Waals surface area contributed by atoms with E-state index in [1.807, 2.05) is 42.5 Å². The molecule has 9 heteroatoms. The van der Waals surface area contributed by atoms with E-state index in [1.165, 1.54) is 0 Å². The third-order valence-electron chi connectivity index (χ3n) is 6.05. The predicted molar refractivity (Wildman–Crippen MR) is 132 cm³/mol. The number of nitrogens with zero attached hydrogens (tertiary/aromatic N) is 3. The Morgan fingerprint density at radius 1 is 1.06 bits per heavy atom. The van der Waals surface area contributed by atoms with Crippen molar-refractivity contribution in [2.45, 2.75) is 18.7 Å². The van der Waals surface area contributed by atoms with Crippen LogP contribution in [0, 0.1) is 0 Å². The molecular formula is C26H24N6O3. The molecule has 0 fully saturated rings. The quantitative estimate of drug-likeness (QED) is 0.344. The number of aliphatic hydroxyl groups is 1. The van der Waals surface area contributed by atoms with Crippen molar-refractivity contribution in [1.29, 1.82) is 0 Å². The number of rotatable bonds is 6. The van der Waals surface area contributed by atoms with Crippen LogP contribution in [0.25, 0.3) is 11.0 Å². The third-order valence-corrected chi connectivity index (χ3v) is 6.05. The Kier molecular flexibility index (Phi) is 5.76. The molecule has 0 bridgehead atoms. The number of carbonyl (C=O) groups is 2. The Morgan fingerprint density at radius 3 is 2.51 bits per heavy atom. The predicted octanol–water partition coefficient (Wildman–Crippen LogP) is 2.34. The van der Waals surface area contributed by atoms with E-state index >= 15 is 0 Å². The normalized spacial score (nSPS) is 17.4. The highest BCUT2D eigenvalue weighted by molar-refractivity contribution is 6.05. The van der Waals surface area contributed by atoms with Crippen LogP contribution in [0.2, 0.25) is 0 Å². The highest BCUT2D eigenvalue weighted by atomic mass is 16.3. The van der Waals surface area contributed by atoms with Crippen LogP contribution in [0.4, 0.5) is 0 Å². The van der Waals surface area contributed by atoms with E-state index in [-0.39, 0.29) is 5.91 Å². The molecule has 0 saturated carbocycles. The number of imidazole rings is 1. The number of aromatic amines is 1. The van der Waals surface area contributed by atoms with Gasteiger partial charge >= 0.3 is 0 Å². The van der Waals surface area contributed by atoms with Gasteiger partial charge in [-0.3, -0.25) is 14.6 Å². The molecule has 0 aliphatic carbocycles. The van der Waals surface area contributed by atoms with Gasteiger partial charge in [0.2, 0.25) is 5.91 Å². The summed E-state index contributed by atoms with van der Waals surface area (Å²) in [6, 6.07) is 21.1. The zero-order chi connectivity index (χ0) is 24.5. The zero-order valence-corrected chi connectivity index (χ0v) is 19.0. The molecule has 35 heavy (non-hydrogen) atoms. The number of H-pyrrole nitrogens is 1. The van der Waals surface area contributed by atoms with Gasteiger partial charge in [0.15, 0.2) is 0 Å². The van der Waals surface area contributed by atoms with Crippen molar-refractivity contribution in [1.82, 2.24) is 20.3 Å². The summed E-state index contributed by atoms with van der Waals surface area (Å²) >= 11 is 0. The molecule has 0 spiro atoms. The molecule has 1 aromatic heterocycles. The van der Waals surface area contributed by atoms with E-state index in [0.29, 0.717) is 40.2 Å². The number of aromatic nitrogens is 2. The van der Waals surface area contributed by atoms with Crippen molar-refractivity contribution in [2.24, 2.45) is 10.8 Å². The Bertz CT molecular complexity index is 1430. The maximum atomic E-state index is 12.3. The Balaban J connectivity index is 1.29. The largest absolute Gasteiger partial charge is 0.384 e. The van der Waals surface area contributed by atoms with E-state index in [9.17, 15) is 14.7 Å². The molecule has 9 nitrogen and oxygen atoms in total. The Morgan fingerprint density at radius 2 is 1.80 bits per heavy atom. The van der Waals surface area contributed by atoms with Crippen LogP contribution in [0.1, 0.15) is 43.7 Å². The number of hydrogen-bond acceptors (Lipinski definition) is 6. The summed E-state index contributed by atoms with van der Waals surface area (Å²) < 4.78 is 0. The van der Waals surface area contributed by atoms with Gasteiger partial charge < -0.3 is 21.1 Å². The summed E-state index contributed by atoms with van der Waals surface area (Å²) in [5.74, 6) is -0.117. The second-order valence-electron chi connectivity index (χ2n) is 8.41. The minimum Gasteiger partial charge on any atom is -0.384 e. The number of amides is 2. The van der Waals surface area contributed by atoms with E-state index in [0.717, 1.165) is 11.1 Å². The zero-order valence-electron chi connectivity index (χ0n) is 19.0. The second-order valence-corrected chi connectivity index (χ2v) is 8.41. The molecule has 1 aliphatic rings. The van der Waals surface area contributed by atoms with Crippen LogP contribution in [-0.4, -0.2) is 50.8 Å². The first-order chi connectivity index (χ1) is 16.9. The lowest BCUT2D eigenvalue weighted by atomic mass is 9.99. The number of nitrogens with two attached hydrogens (primary N) is 1. The number of hydrazone groups is 1. The fourth-order valence-corrected chi connectivity index (χ4v) is 4.19. The van der Waals surface area contributed by atoms with Crippen LogP contribution in [-0.2, 0) is 6.54 Å². The lowest BCUT2D eigenvalue weighted by molar-refractivity contribution is 0.0949. The van der Waals surface area contributed by atoms with E-state index in [2.05, 4.69) is 20.4 Å². The first kappa shape index (κ1) is 22.3. The summed E-state index contributed by atoms with van der Waals surface area (Å²) in [5.41, 5.74) is 9.92. The molecule has 5 rings (SSSR count). The fraction of sp³-hybridized carbons (Fsp3) is 0.154. The van der Waals surface area contributed by atoms with Crippen molar-refractivity contribution < 1.29 is 14.7 Å². The molecule has 4 aromatic rings. The van der Waals surface area contributed by atoms with Gasteiger partial charge in [-0.2, -0.15) is 5.10 Å². The van der Waals surface area contributed by atoms with Crippen LogP contribution in [0.3, 0.4) is 0 Å². The monoisotopic (exact) mass is 468 g/mol. The number of fused-ring (bicyclic) bond motifs is 1. The molecular weight excluding hydrogens is 444 g/mol. The van der Waals surface area contributed by atoms with E-state index in [1.54, 1.807) is 42.4 Å². The number of carbonyl (C=O) groups excluding carboxylic acids is 2. The highest BCUT2D eigenvalue weighted by Crippen LogP contribution is 2.31. The van der Waals surface area contributed by atoms with Gasteiger partial charge in [-0.05, 0) is 35.9 Å². The van der Waals surface area contributed by atoms with Crippen molar-refractivity contribution in [3.63, 3.8) is 0 Å². The van der Waals surface area contributed by atoms with Crippen molar-refractivity contribution in [3.05, 3.63) is 101 Å². The summed E-state index contributed by atoms with van der Waals surface area (Å²) in [6.45, 7) is 0.387. The first-order valence-electron chi connectivity index (χ1n) is 11.1. The number of nitrogens with one attached hydrogen (secondary N) is 2. The molecule has 3 aromatic carbocycles. The smallest absolute Gasteiger partial charge is 0.251 e. The molecule has 2 heterocycles. The van der Waals surface area contributed by atoms with Crippen LogP contribution >= 0.6 is 0 Å².